The number of alkyl halides is 6. The number of hydrogen-bond acceptors (Lipinski definition) is 3. The number of hydrogen-bond donors (Lipinski definition) is 0. The lowest BCUT2D eigenvalue weighted by molar-refractivity contribution is -0.0546. The number of halogens is 6. The van der Waals surface area contributed by atoms with Crippen LogP contribution in [0.3, 0.4) is 0 Å². The Morgan fingerprint density at radius 3 is 2.12 bits per heavy atom. The van der Waals surface area contributed by atoms with Gasteiger partial charge < -0.3 is 0 Å². The minimum absolute atomic E-state index is 0.0316. The van der Waals surface area contributed by atoms with Crippen LogP contribution >= 0.6 is 10.3 Å². The van der Waals surface area contributed by atoms with Crippen molar-refractivity contribution < 1.29 is 38.4 Å². The maximum Gasteiger partial charge on any atom is 0.523 e. The summed E-state index contributed by atoms with van der Waals surface area (Å²) in [7, 11) is -11.2. The van der Waals surface area contributed by atoms with Crippen molar-refractivity contribution in [3.05, 3.63) is 34.7 Å². The maximum absolute atomic E-state index is 13.9. The average molecular weight is 392 g/mol. The SMILES string of the molecule is O=S(=O)(OS1(C(F)(F)F)C(C2CC2)=Cc2ccccc21)C(F)(F)F. The molecule has 1 fully saturated rings. The van der Waals surface area contributed by atoms with Crippen molar-refractivity contribution in [2.75, 3.05) is 0 Å². The second-order valence-electron chi connectivity index (χ2n) is 5.33. The second kappa shape index (κ2) is 5.15. The quantitative estimate of drug-likeness (QED) is 0.542. The molecule has 2 aliphatic rings. The second-order valence-corrected chi connectivity index (χ2v) is 9.73. The van der Waals surface area contributed by atoms with Gasteiger partial charge in [0.2, 0.25) is 0 Å². The van der Waals surface area contributed by atoms with E-state index in [-0.39, 0.29) is 5.56 Å². The van der Waals surface area contributed by atoms with Gasteiger partial charge in [0.15, 0.2) is 0 Å². The predicted octanol–water partition coefficient (Wildman–Crippen LogP) is 4.92. The van der Waals surface area contributed by atoms with Crippen LogP contribution in [-0.4, -0.2) is 19.4 Å². The Hall–Kier alpha value is -1.20. The van der Waals surface area contributed by atoms with E-state index in [1.807, 2.05) is 0 Å². The van der Waals surface area contributed by atoms with Gasteiger partial charge >= 0.3 is 21.1 Å². The molecule has 1 atom stereocenters. The highest BCUT2D eigenvalue weighted by Crippen LogP contribution is 2.80. The molecule has 0 N–H and O–H groups in total. The predicted molar refractivity (Wildman–Crippen MR) is 75.1 cm³/mol. The normalized spacial score (nSPS) is 27.3. The zero-order chi connectivity index (χ0) is 18.0. The minimum atomic E-state index is -6.43. The van der Waals surface area contributed by atoms with E-state index in [0.717, 1.165) is 12.1 Å². The van der Waals surface area contributed by atoms with E-state index in [0.29, 0.717) is 12.8 Å². The lowest BCUT2D eigenvalue weighted by atomic mass is 10.2. The Morgan fingerprint density at radius 1 is 1.04 bits per heavy atom. The van der Waals surface area contributed by atoms with Crippen molar-refractivity contribution in [1.29, 1.82) is 0 Å². The molecule has 0 radical (unpaired) electrons. The van der Waals surface area contributed by atoms with E-state index in [2.05, 4.69) is 3.63 Å². The third-order valence-electron chi connectivity index (χ3n) is 3.64. The monoisotopic (exact) mass is 392 g/mol. The van der Waals surface area contributed by atoms with E-state index < -0.39 is 47.2 Å². The number of allylic oxidation sites excluding steroid dienone is 1. The molecule has 1 aliphatic heterocycles. The van der Waals surface area contributed by atoms with Crippen LogP contribution in [-0.2, 0) is 13.7 Å². The molecule has 1 aromatic carbocycles. The molecule has 24 heavy (non-hydrogen) atoms. The molecule has 11 heteroatoms. The largest absolute Gasteiger partial charge is 0.523 e. The zero-order valence-electron chi connectivity index (χ0n) is 11.7. The molecule has 0 amide bonds. The fraction of sp³-hybridized carbons (Fsp3) is 0.385. The molecule has 3 nitrogen and oxygen atoms in total. The Labute approximate surface area is 134 Å². The molecular weight excluding hydrogens is 382 g/mol. The first-order valence-corrected chi connectivity index (χ1v) is 9.59. The highest BCUT2D eigenvalue weighted by Gasteiger charge is 2.65. The van der Waals surface area contributed by atoms with Gasteiger partial charge in [-0.25, -0.2) is 0 Å². The average Bonchev–Trinajstić information content (AvgIpc) is 3.20. The van der Waals surface area contributed by atoms with Crippen LogP contribution in [0.2, 0.25) is 0 Å². The Balaban J connectivity index is 2.25. The van der Waals surface area contributed by atoms with Gasteiger partial charge in [0.1, 0.15) is 0 Å². The minimum Gasteiger partial charge on any atom is -0.196 e. The first kappa shape index (κ1) is 17.6. The summed E-state index contributed by atoms with van der Waals surface area (Å²) in [4.78, 5) is -0.976. The Morgan fingerprint density at radius 2 is 1.62 bits per heavy atom. The van der Waals surface area contributed by atoms with Gasteiger partial charge in [-0.05, 0) is 36.5 Å². The summed E-state index contributed by atoms with van der Waals surface area (Å²) >= 11 is 0. The molecular formula is C13H10F6O3S2. The molecule has 1 aliphatic carbocycles. The van der Waals surface area contributed by atoms with E-state index in [1.54, 1.807) is 0 Å². The molecule has 0 saturated heterocycles. The van der Waals surface area contributed by atoms with Crippen LogP contribution in [0, 0.1) is 5.92 Å². The van der Waals surface area contributed by atoms with E-state index in [1.165, 1.54) is 18.2 Å². The van der Waals surface area contributed by atoms with Crippen LogP contribution in [0.5, 0.6) is 0 Å². The smallest absolute Gasteiger partial charge is 0.196 e. The van der Waals surface area contributed by atoms with Crippen molar-refractivity contribution in [2.45, 2.75) is 28.8 Å². The van der Waals surface area contributed by atoms with Gasteiger partial charge in [-0.3, -0.25) is 0 Å². The van der Waals surface area contributed by atoms with E-state index in [4.69, 9.17) is 0 Å². The molecule has 0 spiro atoms. The van der Waals surface area contributed by atoms with Gasteiger partial charge in [0.25, 0.3) is 0 Å². The van der Waals surface area contributed by atoms with Crippen LogP contribution in [0.25, 0.3) is 6.08 Å². The summed E-state index contributed by atoms with van der Waals surface area (Å²) in [5, 5.41) is 0. The highest BCUT2D eigenvalue weighted by atomic mass is 32.3. The van der Waals surface area contributed by atoms with Crippen molar-refractivity contribution in [1.82, 2.24) is 0 Å². The first-order chi connectivity index (χ1) is 10.9. The lowest BCUT2D eigenvalue weighted by Gasteiger charge is -2.39. The molecule has 1 saturated carbocycles. The summed E-state index contributed by atoms with van der Waals surface area (Å²) in [6.45, 7) is 0. The fourth-order valence-corrected chi connectivity index (χ4v) is 7.29. The molecule has 3 rings (SSSR count). The molecule has 0 aromatic heterocycles. The van der Waals surface area contributed by atoms with Gasteiger partial charge in [0.05, 0.1) is 0 Å². The number of fused-ring (bicyclic) bond motifs is 1. The summed E-state index contributed by atoms with van der Waals surface area (Å²) < 4.78 is 107. The molecule has 134 valence electrons. The zero-order valence-corrected chi connectivity index (χ0v) is 13.3. The van der Waals surface area contributed by atoms with Crippen molar-refractivity contribution in [3.8, 4) is 0 Å². The lowest BCUT2D eigenvalue weighted by Crippen LogP contribution is -2.32. The van der Waals surface area contributed by atoms with Gasteiger partial charge in [0, 0.05) is 20.1 Å². The van der Waals surface area contributed by atoms with Crippen molar-refractivity contribution >= 4 is 26.5 Å². The van der Waals surface area contributed by atoms with Crippen LogP contribution < -0.4 is 0 Å². The topological polar surface area (TPSA) is 43.4 Å². The summed E-state index contributed by atoms with van der Waals surface area (Å²) in [6.07, 6.45) is 1.81. The molecule has 1 aromatic rings. The van der Waals surface area contributed by atoms with Gasteiger partial charge in [-0.15, -0.1) is 0 Å². The maximum atomic E-state index is 13.9. The third kappa shape index (κ3) is 2.53. The van der Waals surface area contributed by atoms with Gasteiger partial charge in [-0.1, -0.05) is 18.2 Å². The number of rotatable bonds is 3. The van der Waals surface area contributed by atoms with Crippen molar-refractivity contribution in [3.63, 3.8) is 0 Å². The summed E-state index contributed by atoms with van der Waals surface area (Å²) in [5.74, 6) is -0.627. The summed E-state index contributed by atoms with van der Waals surface area (Å²) in [5.41, 5.74) is -11.2. The highest BCUT2D eigenvalue weighted by molar-refractivity contribution is 8.37. The van der Waals surface area contributed by atoms with Crippen LogP contribution in [0.4, 0.5) is 26.3 Å². The molecule has 1 unspecified atom stereocenters. The van der Waals surface area contributed by atoms with Crippen molar-refractivity contribution in [2.24, 2.45) is 5.92 Å². The van der Waals surface area contributed by atoms with Gasteiger partial charge in [-0.2, -0.15) is 38.4 Å². The van der Waals surface area contributed by atoms with Crippen LogP contribution in [0.15, 0.2) is 34.1 Å². The Bertz CT molecular complexity index is 808. The Kier molecular flexibility index (Phi) is 3.78. The van der Waals surface area contributed by atoms with Crippen LogP contribution in [0.1, 0.15) is 18.4 Å². The summed E-state index contributed by atoms with van der Waals surface area (Å²) in [6, 6.07) is 4.89. The molecule has 1 heterocycles. The fourth-order valence-electron chi connectivity index (χ4n) is 2.49. The standard InChI is InChI=1S/C13H10F6O3S2/c14-12(15,16)23(22-24(20,21)13(17,18)19)10-4-2-1-3-9(10)7-11(23)8-5-6-8/h1-4,7-8H,5-6H2. The van der Waals surface area contributed by atoms with E-state index >= 15 is 0 Å². The number of benzene rings is 1. The molecule has 0 bridgehead atoms. The third-order valence-corrected chi connectivity index (χ3v) is 8.50. The first-order valence-electron chi connectivity index (χ1n) is 6.63. The van der Waals surface area contributed by atoms with E-state index in [9.17, 15) is 34.8 Å².